The Morgan fingerprint density at radius 1 is 1.23 bits per heavy atom. The van der Waals surface area contributed by atoms with Crippen molar-refractivity contribution in [2.75, 3.05) is 32.1 Å². The molecule has 0 bridgehead atoms. The average Bonchev–Trinajstić information content (AvgIpc) is 2.86. The quantitative estimate of drug-likeness (QED) is 0.943. The molecule has 1 aromatic carbocycles. The van der Waals surface area contributed by atoms with Crippen LogP contribution in [0.15, 0.2) is 24.3 Å². The second-order valence-corrected chi connectivity index (χ2v) is 6.40. The minimum Gasteiger partial charge on any atom is -0.444 e. The van der Waals surface area contributed by atoms with Crippen molar-refractivity contribution in [1.29, 1.82) is 0 Å². The average molecular weight is 304 g/mol. The van der Waals surface area contributed by atoms with Crippen LogP contribution in [0, 0.1) is 0 Å². The smallest absolute Gasteiger partial charge is 0.410 e. The number of ether oxygens (including phenoxy) is 1. The molecule has 0 saturated heterocycles. The highest BCUT2D eigenvalue weighted by atomic mass is 16.6. The maximum atomic E-state index is 11.9. The first kappa shape index (κ1) is 16.1. The highest BCUT2D eigenvalue weighted by molar-refractivity contribution is 5.77. The monoisotopic (exact) mass is 304 g/mol. The summed E-state index contributed by atoms with van der Waals surface area (Å²) in [7, 11) is 3.68. The first-order chi connectivity index (χ1) is 10.3. The van der Waals surface area contributed by atoms with Crippen LogP contribution in [0.25, 0.3) is 11.0 Å². The van der Waals surface area contributed by atoms with E-state index >= 15 is 0 Å². The predicted octanol–water partition coefficient (Wildman–Crippen LogP) is 2.87. The second-order valence-electron chi connectivity index (χ2n) is 6.40. The number of aromatic amines is 1. The van der Waals surface area contributed by atoms with E-state index in [1.54, 1.807) is 11.9 Å². The largest absolute Gasteiger partial charge is 0.444 e. The Bertz CT molecular complexity index is 612. The van der Waals surface area contributed by atoms with Crippen molar-refractivity contribution in [2.45, 2.75) is 26.4 Å². The molecular formula is C16H24N4O2. The van der Waals surface area contributed by atoms with E-state index < -0.39 is 5.60 Å². The molecule has 22 heavy (non-hydrogen) atoms. The molecule has 0 saturated carbocycles. The normalized spacial score (nSPS) is 11.5. The molecule has 2 aromatic rings. The number of nitrogens with one attached hydrogen (secondary N) is 1. The zero-order chi connectivity index (χ0) is 16.3. The van der Waals surface area contributed by atoms with Crippen LogP contribution in [0.3, 0.4) is 0 Å². The highest BCUT2D eigenvalue weighted by Crippen LogP contribution is 2.16. The molecule has 1 amide bonds. The minimum atomic E-state index is -0.476. The summed E-state index contributed by atoms with van der Waals surface area (Å²) >= 11 is 0. The van der Waals surface area contributed by atoms with Gasteiger partial charge in [0.25, 0.3) is 0 Å². The third-order valence-corrected chi connectivity index (χ3v) is 3.21. The number of imidazole rings is 1. The molecule has 120 valence electrons. The molecule has 0 fully saturated rings. The van der Waals surface area contributed by atoms with Gasteiger partial charge in [-0.25, -0.2) is 9.78 Å². The number of hydrogen-bond acceptors (Lipinski definition) is 4. The molecule has 0 radical (unpaired) electrons. The maximum absolute atomic E-state index is 11.9. The predicted molar refractivity (Wildman–Crippen MR) is 88.2 cm³/mol. The SMILES string of the molecule is CN(CCN(C)c1nc2ccccc2[nH]1)C(=O)OC(C)(C)C. The van der Waals surface area contributed by atoms with Crippen molar-refractivity contribution in [1.82, 2.24) is 14.9 Å². The Morgan fingerprint density at radius 3 is 2.55 bits per heavy atom. The highest BCUT2D eigenvalue weighted by Gasteiger charge is 2.19. The van der Waals surface area contributed by atoms with Crippen molar-refractivity contribution in [2.24, 2.45) is 0 Å². The summed E-state index contributed by atoms with van der Waals surface area (Å²) in [5, 5.41) is 0. The second kappa shape index (κ2) is 6.25. The Hall–Kier alpha value is -2.24. The Balaban J connectivity index is 1.92. The Morgan fingerprint density at radius 2 is 1.91 bits per heavy atom. The third-order valence-electron chi connectivity index (χ3n) is 3.21. The summed E-state index contributed by atoms with van der Waals surface area (Å²) in [6, 6.07) is 7.90. The Kier molecular flexibility index (Phi) is 4.59. The summed E-state index contributed by atoms with van der Waals surface area (Å²) in [5.74, 6) is 0.791. The van der Waals surface area contributed by atoms with Gasteiger partial charge in [-0.05, 0) is 32.9 Å². The number of H-pyrrole nitrogens is 1. The number of amides is 1. The van der Waals surface area contributed by atoms with Crippen molar-refractivity contribution in [3.63, 3.8) is 0 Å². The number of likely N-dealkylation sites (N-methyl/N-ethyl adjacent to an activating group) is 2. The van der Waals surface area contributed by atoms with E-state index in [9.17, 15) is 4.79 Å². The molecule has 1 heterocycles. The van der Waals surface area contributed by atoms with Gasteiger partial charge in [-0.15, -0.1) is 0 Å². The number of rotatable bonds is 4. The van der Waals surface area contributed by atoms with Gasteiger partial charge in [0.2, 0.25) is 5.95 Å². The number of nitrogens with zero attached hydrogens (tertiary/aromatic N) is 3. The van der Waals surface area contributed by atoms with Gasteiger partial charge in [-0.3, -0.25) is 0 Å². The molecule has 0 aliphatic carbocycles. The molecule has 1 N–H and O–H groups in total. The van der Waals surface area contributed by atoms with Crippen LogP contribution in [-0.2, 0) is 4.74 Å². The van der Waals surface area contributed by atoms with E-state index in [4.69, 9.17) is 4.74 Å². The molecule has 1 aromatic heterocycles. The number of hydrogen-bond donors (Lipinski definition) is 1. The maximum Gasteiger partial charge on any atom is 0.410 e. The number of benzene rings is 1. The zero-order valence-electron chi connectivity index (χ0n) is 13.9. The molecule has 0 atom stereocenters. The van der Waals surface area contributed by atoms with Gasteiger partial charge < -0.3 is 19.5 Å². The number of aromatic nitrogens is 2. The van der Waals surface area contributed by atoms with E-state index in [0.29, 0.717) is 13.1 Å². The summed E-state index contributed by atoms with van der Waals surface area (Å²) in [6.07, 6.45) is -0.314. The van der Waals surface area contributed by atoms with Gasteiger partial charge in [0, 0.05) is 27.2 Å². The topological polar surface area (TPSA) is 61.5 Å². The lowest BCUT2D eigenvalue weighted by molar-refractivity contribution is 0.0303. The molecule has 6 heteroatoms. The molecule has 0 unspecified atom stereocenters. The number of para-hydroxylation sites is 2. The summed E-state index contributed by atoms with van der Waals surface area (Å²) < 4.78 is 5.33. The van der Waals surface area contributed by atoms with Crippen LogP contribution in [0.5, 0.6) is 0 Å². The lowest BCUT2D eigenvalue weighted by Crippen LogP contribution is -2.38. The fourth-order valence-corrected chi connectivity index (χ4v) is 1.96. The lowest BCUT2D eigenvalue weighted by Gasteiger charge is -2.26. The van der Waals surface area contributed by atoms with Gasteiger partial charge in [0.1, 0.15) is 5.60 Å². The van der Waals surface area contributed by atoms with Crippen molar-refractivity contribution in [3.8, 4) is 0 Å². The van der Waals surface area contributed by atoms with E-state index in [-0.39, 0.29) is 6.09 Å². The standard InChI is InChI=1S/C16H24N4O2/c1-16(2,3)22-15(21)20(5)11-10-19(4)14-17-12-8-6-7-9-13(12)18-14/h6-9H,10-11H2,1-5H3,(H,17,18). The van der Waals surface area contributed by atoms with Crippen LogP contribution in [0.2, 0.25) is 0 Å². The zero-order valence-corrected chi connectivity index (χ0v) is 13.9. The van der Waals surface area contributed by atoms with E-state index in [0.717, 1.165) is 17.0 Å². The van der Waals surface area contributed by atoms with Crippen LogP contribution < -0.4 is 4.90 Å². The van der Waals surface area contributed by atoms with Crippen LogP contribution in [0.1, 0.15) is 20.8 Å². The van der Waals surface area contributed by atoms with Gasteiger partial charge >= 0.3 is 6.09 Å². The van der Waals surface area contributed by atoms with E-state index in [2.05, 4.69) is 9.97 Å². The lowest BCUT2D eigenvalue weighted by atomic mass is 10.2. The number of carbonyl (C=O) groups excluding carboxylic acids is 1. The van der Waals surface area contributed by atoms with E-state index in [1.807, 2.05) is 57.0 Å². The fourth-order valence-electron chi connectivity index (χ4n) is 1.96. The van der Waals surface area contributed by atoms with Crippen molar-refractivity contribution < 1.29 is 9.53 Å². The number of fused-ring (bicyclic) bond motifs is 1. The number of carbonyl (C=O) groups is 1. The molecular weight excluding hydrogens is 280 g/mol. The summed E-state index contributed by atoms with van der Waals surface area (Å²) in [6.45, 7) is 6.80. The molecule has 0 spiro atoms. The first-order valence-electron chi connectivity index (χ1n) is 7.36. The van der Waals surface area contributed by atoms with Crippen molar-refractivity contribution >= 4 is 23.1 Å². The van der Waals surface area contributed by atoms with Crippen LogP contribution >= 0.6 is 0 Å². The van der Waals surface area contributed by atoms with Gasteiger partial charge in [0.05, 0.1) is 11.0 Å². The first-order valence-corrected chi connectivity index (χ1v) is 7.36. The summed E-state index contributed by atoms with van der Waals surface area (Å²) in [4.78, 5) is 23.3. The van der Waals surface area contributed by atoms with E-state index in [1.165, 1.54) is 0 Å². The molecule has 6 nitrogen and oxygen atoms in total. The van der Waals surface area contributed by atoms with Crippen LogP contribution in [0.4, 0.5) is 10.7 Å². The van der Waals surface area contributed by atoms with Crippen LogP contribution in [-0.4, -0.2) is 53.7 Å². The Labute approximate surface area is 131 Å². The molecule has 0 aliphatic rings. The fraction of sp³-hybridized carbons (Fsp3) is 0.500. The molecule has 2 rings (SSSR count). The number of anilines is 1. The molecule has 0 aliphatic heterocycles. The summed E-state index contributed by atoms with van der Waals surface area (Å²) in [5.41, 5.74) is 1.46. The van der Waals surface area contributed by atoms with Crippen molar-refractivity contribution in [3.05, 3.63) is 24.3 Å². The minimum absolute atomic E-state index is 0.314. The third kappa shape index (κ3) is 4.13. The van der Waals surface area contributed by atoms with Gasteiger partial charge in [-0.1, -0.05) is 12.1 Å². The van der Waals surface area contributed by atoms with Gasteiger partial charge in [-0.2, -0.15) is 0 Å². The van der Waals surface area contributed by atoms with Gasteiger partial charge in [0.15, 0.2) is 0 Å².